The van der Waals surface area contributed by atoms with Crippen LogP contribution >= 0.6 is 0 Å². The van der Waals surface area contributed by atoms with Gasteiger partial charge in [0.05, 0.1) is 20.2 Å². The molecule has 0 bridgehead atoms. The highest BCUT2D eigenvalue weighted by molar-refractivity contribution is 5.94. The van der Waals surface area contributed by atoms with Gasteiger partial charge >= 0.3 is 0 Å². The molecule has 3 heteroatoms. The number of rotatable bonds is 6. The molecule has 3 nitrogen and oxygen atoms in total. The molecule has 0 aliphatic rings. The molecule has 0 amide bonds. The van der Waals surface area contributed by atoms with Crippen LogP contribution in [-0.2, 0) is 6.54 Å². The molecule has 0 aliphatic carbocycles. The molecule has 0 unspecified atom stereocenters. The number of benzene rings is 1. The van der Waals surface area contributed by atoms with E-state index < -0.39 is 0 Å². The SMILES string of the molecule is CC[NH+](CC)Cc1cc(C(C)=O)ccc1OC. The Labute approximate surface area is 103 Å². The standard InChI is InChI=1S/C14H21NO2/c1-5-15(6-2)10-13-9-12(11(3)16)7-8-14(13)17-4/h7-9H,5-6,10H2,1-4H3/p+1. The smallest absolute Gasteiger partial charge is 0.159 e. The van der Waals surface area contributed by atoms with E-state index in [1.54, 1.807) is 14.0 Å². The van der Waals surface area contributed by atoms with Crippen molar-refractivity contribution >= 4 is 5.78 Å². The molecule has 1 aromatic carbocycles. The summed E-state index contributed by atoms with van der Waals surface area (Å²) in [6.45, 7) is 8.97. The minimum atomic E-state index is 0.100. The fourth-order valence-electron chi connectivity index (χ4n) is 1.91. The van der Waals surface area contributed by atoms with Crippen molar-refractivity contribution in [3.63, 3.8) is 0 Å². The van der Waals surface area contributed by atoms with Gasteiger partial charge in [-0.05, 0) is 39.0 Å². The van der Waals surface area contributed by atoms with Crippen LogP contribution in [0, 0.1) is 0 Å². The van der Waals surface area contributed by atoms with Crippen LogP contribution in [0.25, 0.3) is 0 Å². The van der Waals surface area contributed by atoms with E-state index in [4.69, 9.17) is 4.74 Å². The number of quaternary nitrogens is 1. The summed E-state index contributed by atoms with van der Waals surface area (Å²) in [4.78, 5) is 12.9. The Morgan fingerprint density at radius 2 is 1.94 bits per heavy atom. The Morgan fingerprint density at radius 1 is 1.29 bits per heavy atom. The Morgan fingerprint density at radius 3 is 2.41 bits per heavy atom. The van der Waals surface area contributed by atoms with Gasteiger partial charge in [-0.2, -0.15) is 0 Å². The van der Waals surface area contributed by atoms with Crippen LogP contribution in [-0.4, -0.2) is 26.0 Å². The molecule has 0 fully saturated rings. The van der Waals surface area contributed by atoms with E-state index in [1.807, 2.05) is 18.2 Å². The van der Waals surface area contributed by atoms with Gasteiger partial charge in [0, 0.05) is 11.1 Å². The summed E-state index contributed by atoms with van der Waals surface area (Å²) in [5, 5.41) is 0. The normalized spacial score (nSPS) is 10.6. The quantitative estimate of drug-likeness (QED) is 0.755. The summed E-state index contributed by atoms with van der Waals surface area (Å²) in [5.41, 5.74) is 1.87. The first-order valence-corrected chi connectivity index (χ1v) is 6.13. The molecule has 0 saturated heterocycles. The lowest BCUT2D eigenvalue weighted by atomic mass is 10.1. The zero-order valence-corrected chi connectivity index (χ0v) is 11.2. The van der Waals surface area contributed by atoms with E-state index in [2.05, 4.69) is 13.8 Å². The van der Waals surface area contributed by atoms with Gasteiger partial charge in [-0.3, -0.25) is 4.79 Å². The van der Waals surface area contributed by atoms with Crippen molar-refractivity contribution < 1.29 is 14.4 Å². The number of hydrogen-bond donors (Lipinski definition) is 1. The van der Waals surface area contributed by atoms with Crippen molar-refractivity contribution in [2.75, 3.05) is 20.2 Å². The maximum absolute atomic E-state index is 11.4. The van der Waals surface area contributed by atoms with Crippen LogP contribution < -0.4 is 9.64 Å². The Balaban J connectivity index is 3.01. The summed E-state index contributed by atoms with van der Waals surface area (Å²) in [7, 11) is 1.67. The van der Waals surface area contributed by atoms with Gasteiger partial charge in [0.15, 0.2) is 5.78 Å². The number of nitrogens with one attached hydrogen (secondary N) is 1. The fraction of sp³-hybridized carbons (Fsp3) is 0.500. The topological polar surface area (TPSA) is 30.7 Å². The number of carbonyl (C=O) groups excluding carboxylic acids is 1. The van der Waals surface area contributed by atoms with Crippen LogP contribution in [0.5, 0.6) is 5.75 Å². The summed E-state index contributed by atoms with van der Waals surface area (Å²) in [6.07, 6.45) is 0. The van der Waals surface area contributed by atoms with E-state index in [9.17, 15) is 4.79 Å². The molecule has 17 heavy (non-hydrogen) atoms. The highest BCUT2D eigenvalue weighted by Crippen LogP contribution is 2.19. The summed E-state index contributed by atoms with van der Waals surface area (Å²) >= 11 is 0. The molecule has 0 spiro atoms. The second-order valence-corrected chi connectivity index (χ2v) is 4.22. The van der Waals surface area contributed by atoms with Crippen LogP contribution in [0.15, 0.2) is 18.2 Å². The van der Waals surface area contributed by atoms with Gasteiger partial charge in [-0.1, -0.05) is 0 Å². The minimum Gasteiger partial charge on any atom is -0.496 e. The molecular formula is C14H22NO2+. The molecule has 0 atom stereocenters. The molecule has 94 valence electrons. The van der Waals surface area contributed by atoms with Gasteiger partial charge in [0.1, 0.15) is 12.3 Å². The maximum Gasteiger partial charge on any atom is 0.159 e. The number of methoxy groups -OCH3 is 1. The highest BCUT2D eigenvalue weighted by atomic mass is 16.5. The van der Waals surface area contributed by atoms with Gasteiger partial charge in [0.25, 0.3) is 0 Å². The fourth-order valence-corrected chi connectivity index (χ4v) is 1.91. The predicted octanol–water partition coefficient (Wildman–Crippen LogP) is 1.32. The van der Waals surface area contributed by atoms with Crippen molar-refractivity contribution in [3.8, 4) is 5.75 Å². The average Bonchev–Trinajstić information content (AvgIpc) is 2.35. The lowest BCUT2D eigenvalue weighted by Crippen LogP contribution is -3.10. The van der Waals surface area contributed by atoms with E-state index in [0.717, 1.165) is 36.5 Å². The van der Waals surface area contributed by atoms with E-state index in [0.29, 0.717) is 0 Å². The largest absolute Gasteiger partial charge is 0.496 e. The molecule has 1 aromatic rings. The average molecular weight is 236 g/mol. The van der Waals surface area contributed by atoms with E-state index >= 15 is 0 Å². The zero-order chi connectivity index (χ0) is 12.8. The third-order valence-electron chi connectivity index (χ3n) is 3.13. The molecule has 0 aromatic heterocycles. The number of hydrogen-bond acceptors (Lipinski definition) is 2. The second-order valence-electron chi connectivity index (χ2n) is 4.22. The van der Waals surface area contributed by atoms with Gasteiger partial charge < -0.3 is 9.64 Å². The first kappa shape index (κ1) is 13.7. The van der Waals surface area contributed by atoms with Gasteiger partial charge in [-0.25, -0.2) is 0 Å². The number of ether oxygens (including phenoxy) is 1. The number of Topliss-reactive ketones (excluding diaryl/α,β-unsaturated/α-hetero) is 1. The predicted molar refractivity (Wildman–Crippen MR) is 68.7 cm³/mol. The number of carbonyl (C=O) groups is 1. The highest BCUT2D eigenvalue weighted by Gasteiger charge is 2.12. The van der Waals surface area contributed by atoms with Crippen molar-refractivity contribution in [1.82, 2.24) is 0 Å². The van der Waals surface area contributed by atoms with Crippen LogP contribution in [0.1, 0.15) is 36.7 Å². The lowest BCUT2D eigenvalue weighted by molar-refractivity contribution is -0.910. The molecule has 0 heterocycles. The molecule has 1 N–H and O–H groups in total. The molecule has 1 rings (SSSR count). The number of ketones is 1. The summed E-state index contributed by atoms with van der Waals surface area (Å²) in [6, 6.07) is 5.66. The van der Waals surface area contributed by atoms with Gasteiger partial charge in [0.2, 0.25) is 0 Å². The Bertz CT molecular complexity index is 384. The summed E-state index contributed by atoms with van der Waals surface area (Å²) in [5.74, 6) is 0.970. The Hall–Kier alpha value is -1.35. The first-order valence-electron chi connectivity index (χ1n) is 6.13. The van der Waals surface area contributed by atoms with Crippen LogP contribution in [0.2, 0.25) is 0 Å². The first-order chi connectivity index (χ1) is 8.12. The summed E-state index contributed by atoms with van der Waals surface area (Å²) < 4.78 is 5.35. The monoisotopic (exact) mass is 236 g/mol. The van der Waals surface area contributed by atoms with Crippen LogP contribution in [0.3, 0.4) is 0 Å². The molecule has 0 radical (unpaired) electrons. The molecular weight excluding hydrogens is 214 g/mol. The van der Waals surface area contributed by atoms with Crippen molar-refractivity contribution in [2.45, 2.75) is 27.3 Å². The van der Waals surface area contributed by atoms with Crippen LogP contribution in [0.4, 0.5) is 0 Å². The molecule has 0 saturated carbocycles. The molecule has 0 aliphatic heterocycles. The third kappa shape index (κ3) is 3.56. The van der Waals surface area contributed by atoms with E-state index in [-0.39, 0.29) is 5.78 Å². The third-order valence-corrected chi connectivity index (χ3v) is 3.13. The maximum atomic E-state index is 11.4. The van der Waals surface area contributed by atoms with Gasteiger partial charge in [-0.15, -0.1) is 0 Å². The van der Waals surface area contributed by atoms with Crippen molar-refractivity contribution in [3.05, 3.63) is 29.3 Å². The minimum absolute atomic E-state index is 0.100. The van der Waals surface area contributed by atoms with E-state index in [1.165, 1.54) is 4.90 Å². The zero-order valence-electron chi connectivity index (χ0n) is 11.2. The van der Waals surface area contributed by atoms with Crippen molar-refractivity contribution in [1.29, 1.82) is 0 Å². The van der Waals surface area contributed by atoms with Crippen molar-refractivity contribution in [2.24, 2.45) is 0 Å². The Kier molecular flexibility index (Phi) is 5.16. The lowest BCUT2D eigenvalue weighted by Gasteiger charge is -2.17. The second kappa shape index (κ2) is 6.40.